The summed E-state index contributed by atoms with van der Waals surface area (Å²) in [7, 11) is 0. The highest BCUT2D eigenvalue weighted by Crippen LogP contribution is 2.61. The number of carboxylic acids is 1. The van der Waals surface area contributed by atoms with Crippen molar-refractivity contribution in [3.8, 4) is 0 Å². The predicted octanol–water partition coefficient (Wildman–Crippen LogP) is 4.53. The molecule has 0 radical (unpaired) electrons. The molecule has 3 heterocycles. The lowest BCUT2D eigenvalue weighted by atomic mass is 9.49. The van der Waals surface area contributed by atoms with Gasteiger partial charge in [0, 0.05) is 25.0 Å². The van der Waals surface area contributed by atoms with Crippen LogP contribution in [-0.2, 0) is 20.9 Å². The first-order valence-electron chi connectivity index (χ1n) is 12.3. The zero-order valence-electron chi connectivity index (χ0n) is 19.5. The first-order valence-corrected chi connectivity index (χ1v) is 13.3. The third-order valence-electron chi connectivity index (χ3n) is 8.35. The topological polar surface area (TPSA) is 79.7 Å². The number of thioether (sulfide) groups is 1. The summed E-state index contributed by atoms with van der Waals surface area (Å²) in [6.07, 6.45) is 5.88. The number of nitrogens with zero attached hydrogens (tertiary/aromatic N) is 2. The van der Waals surface area contributed by atoms with Crippen LogP contribution in [-0.4, -0.2) is 62.7 Å². The number of carbonyl (C=O) groups is 2. The first kappa shape index (κ1) is 24.9. The minimum atomic E-state index is -5.08. The first-order chi connectivity index (χ1) is 16.6. The van der Waals surface area contributed by atoms with Gasteiger partial charge in [0.25, 0.3) is 0 Å². The normalized spacial score (nSPS) is 34.3. The number of carbonyl (C=O) groups excluding carboxylic acids is 1. The van der Waals surface area contributed by atoms with Crippen LogP contribution in [0.1, 0.15) is 50.6 Å². The van der Waals surface area contributed by atoms with Gasteiger partial charge in [-0.3, -0.25) is 9.78 Å². The largest absolute Gasteiger partial charge is 0.490 e. The smallest absolute Gasteiger partial charge is 0.475 e. The average Bonchev–Trinajstić information content (AvgIpc) is 3.21. The molecule has 10 heteroatoms. The van der Waals surface area contributed by atoms with E-state index in [1.54, 1.807) is 0 Å². The van der Waals surface area contributed by atoms with E-state index in [-0.39, 0.29) is 10.2 Å². The van der Waals surface area contributed by atoms with Gasteiger partial charge in [-0.2, -0.15) is 13.2 Å². The number of likely N-dealkylation sites (tertiary alicyclic amines) is 1. The summed E-state index contributed by atoms with van der Waals surface area (Å²) in [6.45, 7) is 2.49. The highest BCUT2D eigenvalue weighted by molar-refractivity contribution is 8.01. The van der Waals surface area contributed by atoms with E-state index in [0.29, 0.717) is 18.6 Å². The molecule has 1 N–H and O–H groups in total. The van der Waals surface area contributed by atoms with Crippen molar-refractivity contribution in [3.63, 3.8) is 0 Å². The molecule has 1 atom stereocenters. The number of aliphatic carboxylic acids is 1. The van der Waals surface area contributed by atoms with Crippen molar-refractivity contribution in [2.75, 3.05) is 18.8 Å². The molecule has 6 fully saturated rings. The van der Waals surface area contributed by atoms with E-state index >= 15 is 0 Å². The van der Waals surface area contributed by atoms with Crippen LogP contribution in [0.15, 0.2) is 24.4 Å². The summed E-state index contributed by atoms with van der Waals surface area (Å²) < 4.78 is 38.1. The van der Waals surface area contributed by atoms with Crippen LogP contribution >= 0.6 is 11.8 Å². The summed E-state index contributed by atoms with van der Waals surface area (Å²) >= 11 is 2.03. The van der Waals surface area contributed by atoms with Crippen molar-refractivity contribution in [3.05, 3.63) is 30.1 Å². The van der Waals surface area contributed by atoms with Crippen molar-refractivity contribution in [1.29, 1.82) is 0 Å². The van der Waals surface area contributed by atoms with Gasteiger partial charge in [0.1, 0.15) is 0 Å². The van der Waals surface area contributed by atoms with E-state index in [9.17, 15) is 18.0 Å². The Kier molecular flexibility index (Phi) is 6.57. The van der Waals surface area contributed by atoms with Crippen LogP contribution in [0, 0.1) is 23.2 Å². The summed E-state index contributed by atoms with van der Waals surface area (Å²) in [6, 6.07) is 5.97. The van der Waals surface area contributed by atoms with Gasteiger partial charge >= 0.3 is 12.1 Å². The quantitative estimate of drug-likeness (QED) is 0.639. The summed E-state index contributed by atoms with van der Waals surface area (Å²) in [5.74, 6) is 1.33. The molecule has 1 spiro atoms. The van der Waals surface area contributed by atoms with Gasteiger partial charge in [0.05, 0.1) is 28.6 Å². The molecular formula is C25H31F3N2O4S. The molecule has 1 aromatic heterocycles. The highest BCUT2D eigenvalue weighted by atomic mass is 32.2. The van der Waals surface area contributed by atoms with Gasteiger partial charge in [-0.1, -0.05) is 6.07 Å². The molecule has 2 aliphatic heterocycles. The molecule has 4 saturated carbocycles. The Hall–Kier alpha value is -1.81. The van der Waals surface area contributed by atoms with E-state index in [1.165, 1.54) is 38.5 Å². The van der Waals surface area contributed by atoms with E-state index < -0.39 is 12.1 Å². The number of hydrogen-bond acceptors (Lipinski definition) is 5. The lowest BCUT2D eigenvalue weighted by Crippen LogP contribution is -2.65. The molecule has 1 unspecified atom stereocenters. The maximum absolute atomic E-state index is 13.5. The van der Waals surface area contributed by atoms with Gasteiger partial charge in [0.15, 0.2) is 0 Å². The number of halogens is 3. The SMILES string of the molecule is O=C(N1CC2(CC(OCc3ccccn3)CS2)C1)C12CC3CC(CC(C3)C1)C2.O=C(O)C(F)(F)F. The number of rotatable bonds is 4. The van der Waals surface area contributed by atoms with Gasteiger partial charge in [0.2, 0.25) is 5.91 Å². The van der Waals surface area contributed by atoms with Gasteiger partial charge < -0.3 is 14.7 Å². The van der Waals surface area contributed by atoms with E-state index in [2.05, 4.69) is 9.88 Å². The van der Waals surface area contributed by atoms with E-state index in [0.717, 1.165) is 48.7 Å². The number of amides is 1. The number of ether oxygens (including phenoxy) is 1. The van der Waals surface area contributed by atoms with Crippen molar-refractivity contribution in [1.82, 2.24) is 9.88 Å². The van der Waals surface area contributed by atoms with E-state index in [4.69, 9.17) is 14.6 Å². The summed E-state index contributed by atoms with van der Waals surface area (Å²) in [4.78, 5) is 28.9. The minimum absolute atomic E-state index is 0.0223. The predicted molar refractivity (Wildman–Crippen MR) is 123 cm³/mol. The number of carboxylic acid groups (broad SMARTS) is 1. The molecule has 7 rings (SSSR count). The summed E-state index contributed by atoms with van der Waals surface area (Å²) in [5, 5.41) is 7.12. The van der Waals surface area contributed by atoms with Crippen molar-refractivity contribution in [2.45, 2.75) is 68.6 Å². The number of hydrogen-bond donors (Lipinski definition) is 1. The Balaban J connectivity index is 0.000000320. The number of aromatic nitrogens is 1. The molecule has 192 valence electrons. The molecule has 4 aliphatic carbocycles. The Morgan fingerprint density at radius 3 is 2.20 bits per heavy atom. The molecule has 0 aromatic carbocycles. The van der Waals surface area contributed by atoms with Crippen LogP contribution in [0.2, 0.25) is 0 Å². The number of pyridine rings is 1. The number of alkyl halides is 3. The maximum Gasteiger partial charge on any atom is 0.490 e. The molecule has 2 saturated heterocycles. The molecule has 1 amide bonds. The second-order valence-corrected chi connectivity index (χ2v) is 12.6. The Morgan fingerprint density at radius 1 is 1.09 bits per heavy atom. The fourth-order valence-corrected chi connectivity index (χ4v) is 8.87. The van der Waals surface area contributed by atoms with Gasteiger partial charge in [-0.05, 0) is 74.8 Å². The molecule has 4 bridgehead atoms. The second kappa shape index (κ2) is 9.25. The van der Waals surface area contributed by atoms with Crippen LogP contribution in [0.25, 0.3) is 0 Å². The third-order valence-corrected chi connectivity index (χ3v) is 9.92. The molecule has 35 heavy (non-hydrogen) atoms. The van der Waals surface area contributed by atoms with Crippen LogP contribution in [0.5, 0.6) is 0 Å². The Morgan fingerprint density at radius 2 is 1.69 bits per heavy atom. The molecular weight excluding hydrogens is 481 g/mol. The maximum atomic E-state index is 13.5. The standard InChI is InChI=1S/C23H30N2O2S.C2HF3O2/c26-21(22-8-16-5-17(9-22)7-18(6-16)10-22)25-14-23(15-25)11-20(13-28-23)27-12-19-3-1-2-4-24-19;3-2(4,5)1(6)7/h1-4,16-18,20H,5-15H2;(H,6,7). The molecule has 6 aliphatic rings. The fourth-order valence-electron chi connectivity index (χ4n) is 7.32. The zero-order chi connectivity index (χ0) is 24.8. The van der Waals surface area contributed by atoms with Crippen LogP contribution in [0.4, 0.5) is 13.2 Å². The van der Waals surface area contributed by atoms with Crippen molar-refractivity contribution < 1.29 is 32.6 Å². The monoisotopic (exact) mass is 512 g/mol. The van der Waals surface area contributed by atoms with Crippen LogP contribution in [0.3, 0.4) is 0 Å². The zero-order valence-corrected chi connectivity index (χ0v) is 20.3. The summed E-state index contributed by atoms with van der Waals surface area (Å²) in [5.41, 5.74) is 1.02. The van der Waals surface area contributed by atoms with E-state index in [1.807, 2.05) is 36.2 Å². The van der Waals surface area contributed by atoms with Crippen molar-refractivity contribution in [2.24, 2.45) is 23.2 Å². The van der Waals surface area contributed by atoms with Gasteiger partial charge in [-0.15, -0.1) is 11.8 Å². The van der Waals surface area contributed by atoms with Crippen molar-refractivity contribution >= 4 is 23.6 Å². The third kappa shape index (κ3) is 5.19. The minimum Gasteiger partial charge on any atom is -0.475 e. The Bertz CT molecular complexity index is 916. The lowest BCUT2D eigenvalue weighted by Gasteiger charge is -2.59. The second-order valence-electron chi connectivity index (χ2n) is 11.1. The molecule has 6 nitrogen and oxygen atoms in total. The molecule has 1 aromatic rings. The highest BCUT2D eigenvalue weighted by Gasteiger charge is 2.59. The fraction of sp³-hybridized carbons (Fsp3) is 0.720. The average molecular weight is 513 g/mol. The lowest BCUT2D eigenvalue weighted by molar-refractivity contribution is -0.192. The Labute approximate surface area is 207 Å². The van der Waals surface area contributed by atoms with Crippen LogP contribution < -0.4 is 0 Å². The van der Waals surface area contributed by atoms with Gasteiger partial charge in [-0.25, -0.2) is 4.79 Å².